The third-order valence-corrected chi connectivity index (χ3v) is 3.54. The Bertz CT molecular complexity index is 622. The van der Waals surface area contributed by atoms with Crippen LogP contribution in [0, 0.1) is 16.7 Å². The molecule has 5 heteroatoms. The first kappa shape index (κ1) is 17.3. The van der Waals surface area contributed by atoms with Crippen molar-refractivity contribution in [1.82, 2.24) is 0 Å². The first-order valence-electron chi connectivity index (χ1n) is 6.32. The highest BCUT2D eigenvalue weighted by Gasteiger charge is 2.25. The Hall–Kier alpha value is -1.80. The average molecular weight is 352 g/mol. The molecule has 4 nitrogen and oxygen atoms in total. The third kappa shape index (κ3) is 4.08. The smallest absolute Gasteiger partial charge is 0.178 e. The maximum atomic E-state index is 12.2. The lowest BCUT2D eigenvalue weighted by Gasteiger charge is -2.16. The van der Waals surface area contributed by atoms with Gasteiger partial charge in [0.05, 0.1) is 19.8 Å². The van der Waals surface area contributed by atoms with E-state index < -0.39 is 5.41 Å². The van der Waals surface area contributed by atoms with Gasteiger partial charge in [-0.2, -0.15) is 5.26 Å². The molecule has 0 aliphatic carbocycles. The summed E-state index contributed by atoms with van der Waals surface area (Å²) < 4.78 is 11.1. The van der Waals surface area contributed by atoms with Gasteiger partial charge >= 0.3 is 0 Å². The van der Waals surface area contributed by atoms with E-state index in [2.05, 4.69) is 15.9 Å². The van der Waals surface area contributed by atoms with Gasteiger partial charge in [-0.05, 0) is 23.8 Å². The number of ether oxygens (including phenoxy) is 2. The lowest BCUT2D eigenvalue weighted by Crippen LogP contribution is -2.21. The highest BCUT2D eigenvalue weighted by atomic mass is 79.9. The van der Waals surface area contributed by atoms with E-state index in [4.69, 9.17) is 9.47 Å². The minimum Gasteiger partial charge on any atom is -0.493 e. The van der Waals surface area contributed by atoms with Crippen LogP contribution in [-0.2, 0) is 4.79 Å². The summed E-state index contributed by atoms with van der Waals surface area (Å²) >= 11 is 3.41. The summed E-state index contributed by atoms with van der Waals surface area (Å²) in [5.41, 5.74) is 0.183. The van der Waals surface area contributed by atoms with Crippen molar-refractivity contribution in [3.63, 3.8) is 0 Å². The second-order valence-electron chi connectivity index (χ2n) is 5.48. The Morgan fingerprint density at radius 2 is 1.76 bits per heavy atom. The number of hydrogen-bond donors (Lipinski definition) is 0. The van der Waals surface area contributed by atoms with Crippen LogP contribution in [0.2, 0.25) is 0 Å². The number of carbonyl (C=O) groups is 1. The summed E-state index contributed by atoms with van der Waals surface area (Å²) in [7, 11) is 3.08. The van der Waals surface area contributed by atoms with Gasteiger partial charge in [0, 0.05) is 9.89 Å². The van der Waals surface area contributed by atoms with Crippen LogP contribution in [0.5, 0.6) is 11.5 Å². The van der Waals surface area contributed by atoms with Crippen LogP contribution < -0.4 is 9.47 Å². The van der Waals surface area contributed by atoms with E-state index in [-0.39, 0.29) is 11.4 Å². The van der Waals surface area contributed by atoms with Gasteiger partial charge in [-0.3, -0.25) is 4.79 Å². The van der Waals surface area contributed by atoms with Crippen LogP contribution in [0.1, 0.15) is 26.3 Å². The van der Waals surface area contributed by atoms with E-state index in [1.54, 1.807) is 46.1 Å². The number of nitrogens with zero attached hydrogens (tertiary/aromatic N) is 1. The zero-order valence-electron chi connectivity index (χ0n) is 12.8. The fourth-order valence-corrected chi connectivity index (χ4v) is 2.13. The molecule has 0 aliphatic heterocycles. The summed E-state index contributed by atoms with van der Waals surface area (Å²) in [6.07, 6.45) is 1.56. The Kier molecular flexibility index (Phi) is 5.56. The predicted molar refractivity (Wildman–Crippen MR) is 85.3 cm³/mol. The van der Waals surface area contributed by atoms with Crippen molar-refractivity contribution in [3.05, 3.63) is 27.7 Å². The fourth-order valence-electron chi connectivity index (χ4n) is 1.69. The normalized spacial score (nSPS) is 11.8. The van der Waals surface area contributed by atoms with Crippen molar-refractivity contribution >= 4 is 27.8 Å². The van der Waals surface area contributed by atoms with Gasteiger partial charge in [0.1, 0.15) is 6.07 Å². The van der Waals surface area contributed by atoms with Gasteiger partial charge in [0.15, 0.2) is 17.3 Å². The molecule has 0 bridgehead atoms. The van der Waals surface area contributed by atoms with Crippen molar-refractivity contribution < 1.29 is 14.3 Å². The van der Waals surface area contributed by atoms with E-state index in [0.29, 0.717) is 17.1 Å². The molecule has 0 N–H and O–H groups in total. The molecule has 0 amide bonds. The van der Waals surface area contributed by atoms with E-state index in [0.717, 1.165) is 4.47 Å². The van der Waals surface area contributed by atoms with E-state index in [1.165, 1.54) is 7.11 Å². The Morgan fingerprint density at radius 1 is 1.24 bits per heavy atom. The van der Waals surface area contributed by atoms with Crippen LogP contribution in [0.3, 0.4) is 0 Å². The van der Waals surface area contributed by atoms with Gasteiger partial charge in [-0.1, -0.05) is 36.7 Å². The Morgan fingerprint density at radius 3 is 2.19 bits per heavy atom. The maximum absolute atomic E-state index is 12.2. The Labute approximate surface area is 133 Å². The number of benzene rings is 1. The molecule has 0 heterocycles. The van der Waals surface area contributed by atoms with E-state index in [1.807, 2.05) is 6.07 Å². The van der Waals surface area contributed by atoms with Crippen molar-refractivity contribution in [2.75, 3.05) is 14.2 Å². The van der Waals surface area contributed by atoms with Crippen molar-refractivity contribution in [3.8, 4) is 17.6 Å². The third-order valence-electron chi connectivity index (χ3n) is 2.85. The van der Waals surface area contributed by atoms with Crippen LogP contribution in [0.25, 0.3) is 6.08 Å². The zero-order valence-corrected chi connectivity index (χ0v) is 14.4. The Balaban J connectivity index is 3.37. The molecule has 21 heavy (non-hydrogen) atoms. The van der Waals surface area contributed by atoms with Crippen molar-refractivity contribution in [1.29, 1.82) is 5.26 Å². The predicted octanol–water partition coefficient (Wildman–Crippen LogP) is 3.99. The van der Waals surface area contributed by atoms with E-state index >= 15 is 0 Å². The molecule has 0 radical (unpaired) electrons. The number of methoxy groups -OCH3 is 2. The molecule has 0 saturated heterocycles. The molecule has 0 saturated carbocycles. The minimum atomic E-state index is -0.607. The number of halogens is 1. The summed E-state index contributed by atoms with van der Waals surface area (Å²) in [4.78, 5) is 12.2. The number of carbonyl (C=O) groups excluding carboxylic acids is 1. The number of nitriles is 1. The number of rotatable bonds is 4. The van der Waals surface area contributed by atoms with Crippen molar-refractivity contribution in [2.45, 2.75) is 20.8 Å². The molecule has 0 spiro atoms. The van der Waals surface area contributed by atoms with Crippen molar-refractivity contribution in [2.24, 2.45) is 5.41 Å². The summed E-state index contributed by atoms with van der Waals surface area (Å²) in [5, 5.41) is 9.23. The fraction of sp³-hybridized carbons (Fsp3) is 0.375. The lowest BCUT2D eigenvalue weighted by atomic mass is 9.86. The number of Topliss-reactive ketones (excluding diaryl/α,β-unsaturated/α-hetero) is 1. The zero-order chi connectivity index (χ0) is 16.2. The molecule has 0 unspecified atom stereocenters. The molecule has 0 aliphatic rings. The van der Waals surface area contributed by atoms with Gasteiger partial charge in [-0.25, -0.2) is 0 Å². The van der Waals surface area contributed by atoms with E-state index in [9.17, 15) is 10.1 Å². The van der Waals surface area contributed by atoms with Crippen LogP contribution in [-0.4, -0.2) is 20.0 Å². The van der Waals surface area contributed by atoms with Crippen LogP contribution in [0.4, 0.5) is 0 Å². The average Bonchev–Trinajstić information content (AvgIpc) is 2.43. The minimum absolute atomic E-state index is 0.107. The second-order valence-corrected chi connectivity index (χ2v) is 6.33. The van der Waals surface area contributed by atoms with Gasteiger partial charge in [0.2, 0.25) is 0 Å². The lowest BCUT2D eigenvalue weighted by molar-refractivity contribution is -0.121. The topological polar surface area (TPSA) is 59.3 Å². The van der Waals surface area contributed by atoms with Gasteiger partial charge in [-0.15, -0.1) is 0 Å². The summed E-state index contributed by atoms with van der Waals surface area (Å²) in [6.45, 7) is 5.35. The molecule has 112 valence electrons. The molecule has 1 aromatic carbocycles. The largest absolute Gasteiger partial charge is 0.493 e. The first-order chi connectivity index (χ1) is 9.74. The van der Waals surface area contributed by atoms with Crippen LogP contribution in [0.15, 0.2) is 22.2 Å². The first-order valence-corrected chi connectivity index (χ1v) is 7.12. The van der Waals surface area contributed by atoms with Crippen LogP contribution >= 0.6 is 15.9 Å². The summed E-state index contributed by atoms with van der Waals surface area (Å²) in [6, 6.07) is 5.42. The summed E-state index contributed by atoms with van der Waals surface area (Å²) in [5.74, 6) is 0.904. The van der Waals surface area contributed by atoms with Gasteiger partial charge in [0.25, 0.3) is 0 Å². The maximum Gasteiger partial charge on any atom is 0.178 e. The standard InChI is InChI=1S/C16H18BrNO3/c1-16(2,3)15(19)11(9-18)6-10-7-13(20-4)14(21-5)8-12(10)17/h6-8H,1-5H3/b11-6-. The molecule has 0 aromatic heterocycles. The highest BCUT2D eigenvalue weighted by molar-refractivity contribution is 9.10. The number of allylic oxidation sites excluding steroid dienone is 1. The quantitative estimate of drug-likeness (QED) is 0.607. The number of ketones is 1. The monoisotopic (exact) mass is 351 g/mol. The van der Waals surface area contributed by atoms with Gasteiger partial charge < -0.3 is 9.47 Å². The molecule has 0 atom stereocenters. The SMILES string of the molecule is COc1cc(Br)c(/C=C(/C#N)C(=O)C(C)(C)C)cc1OC. The number of hydrogen-bond acceptors (Lipinski definition) is 4. The molecule has 1 aromatic rings. The molecular formula is C16H18BrNO3. The molecular weight excluding hydrogens is 334 g/mol. The highest BCUT2D eigenvalue weighted by Crippen LogP contribution is 2.34. The molecule has 1 rings (SSSR count). The second kappa shape index (κ2) is 6.77. The molecule has 0 fully saturated rings.